The van der Waals surface area contributed by atoms with Crippen LogP contribution < -0.4 is 10.8 Å². The second-order valence-electron chi connectivity index (χ2n) is 6.62. The molecule has 0 aliphatic heterocycles. The van der Waals surface area contributed by atoms with Gasteiger partial charge in [-0.1, -0.05) is 42.5 Å². The lowest BCUT2D eigenvalue weighted by atomic mass is 9.78. The lowest BCUT2D eigenvalue weighted by Crippen LogP contribution is -2.30. The average molecular weight is 373 g/mol. The van der Waals surface area contributed by atoms with Crippen LogP contribution in [0.15, 0.2) is 54.6 Å². The average Bonchev–Trinajstić information content (AvgIpc) is 3.02. The zero-order valence-electron chi connectivity index (χ0n) is 15.7. The zero-order valence-corrected chi connectivity index (χ0v) is 15.7. The first kappa shape index (κ1) is 18.2. The van der Waals surface area contributed by atoms with E-state index in [1.807, 2.05) is 60.9 Å². The first-order chi connectivity index (χ1) is 13.5. The summed E-state index contributed by atoms with van der Waals surface area (Å²) in [4.78, 5) is 13.5. The van der Waals surface area contributed by atoms with E-state index in [1.54, 1.807) is 12.1 Å². The van der Waals surface area contributed by atoms with E-state index in [0.29, 0.717) is 29.7 Å². The Morgan fingerprint density at radius 3 is 2.50 bits per heavy atom. The lowest BCUT2D eigenvalue weighted by Gasteiger charge is -2.11. The maximum atomic E-state index is 9.65. The number of rotatable bonds is 5. The summed E-state index contributed by atoms with van der Waals surface area (Å²) in [5.74, 6) is 1.58. The van der Waals surface area contributed by atoms with Gasteiger partial charge < -0.3 is 15.4 Å². The topological polar surface area (TPSA) is 96.1 Å². The van der Waals surface area contributed by atoms with Crippen LogP contribution in [0.1, 0.15) is 17.1 Å². The number of aryl methyl sites for hydroxylation is 2. The highest BCUT2D eigenvalue weighted by molar-refractivity contribution is 6.61. The molecule has 0 aliphatic carbocycles. The van der Waals surface area contributed by atoms with Crippen molar-refractivity contribution in [2.45, 2.75) is 20.4 Å². The molecule has 0 radical (unpaired) electrons. The molecule has 0 saturated heterocycles. The van der Waals surface area contributed by atoms with E-state index < -0.39 is 7.12 Å². The molecular weight excluding hydrogens is 353 g/mol. The van der Waals surface area contributed by atoms with Gasteiger partial charge in [0.2, 0.25) is 11.9 Å². The second kappa shape index (κ2) is 7.42. The minimum atomic E-state index is -1.54. The van der Waals surface area contributed by atoms with E-state index in [0.717, 1.165) is 22.2 Å². The van der Waals surface area contributed by atoms with Crippen LogP contribution in [0.25, 0.3) is 16.9 Å². The first-order valence-corrected chi connectivity index (χ1v) is 9.01. The third-order valence-electron chi connectivity index (χ3n) is 4.57. The molecule has 2 heterocycles. The number of nitrogens with one attached hydrogen (secondary N) is 1. The Balaban J connectivity index is 1.74. The van der Waals surface area contributed by atoms with Crippen molar-refractivity contribution in [3.63, 3.8) is 0 Å². The molecule has 28 heavy (non-hydrogen) atoms. The third kappa shape index (κ3) is 3.47. The Hall–Kier alpha value is -3.23. The molecule has 3 N–H and O–H groups in total. The van der Waals surface area contributed by atoms with E-state index in [4.69, 9.17) is 0 Å². The maximum Gasteiger partial charge on any atom is 0.489 e. The van der Waals surface area contributed by atoms with Crippen molar-refractivity contribution in [3.8, 4) is 5.95 Å². The maximum absolute atomic E-state index is 9.65. The Labute approximate surface area is 162 Å². The van der Waals surface area contributed by atoms with Gasteiger partial charge in [0.1, 0.15) is 5.82 Å². The van der Waals surface area contributed by atoms with Gasteiger partial charge in [-0.2, -0.15) is 15.0 Å². The summed E-state index contributed by atoms with van der Waals surface area (Å²) in [5.41, 5.74) is 3.28. The standard InChI is InChI=1S/C20H20BN5O2/c1-13-11-16-17(21(27)28)9-6-10-18(16)26(13)20-24-14(2)23-19(25-20)22-12-15-7-4-3-5-8-15/h3-11,27-28H,12H2,1-2H3,(H,22,23,24,25). The molecule has 0 bridgehead atoms. The normalized spacial score (nSPS) is 11.0. The third-order valence-corrected chi connectivity index (χ3v) is 4.57. The molecule has 0 aliphatic rings. The molecule has 4 aromatic rings. The minimum absolute atomic E-state index is 0.451. The number of benzene rings is 2. The Bertz CT molecular complexity index is 1130. The molecule has 4 rings (SSSR count). The van der Waals surface area contributed by atoms with Crippen LogP contribution >= 0.6 is 0 Å². The van der Waals surface area contributed by atoms with Crippen molar-refractivity contribution < 1.29 is 10.0 Å². The molecule has 0 spiro atoms. The lowest BCUT2D eigenvalue weighted by molar-refractivity contribution is 0.426. The second-order valence-corrected chi connectivity index (χ2v) is 6.62. The van der Waals surface area contributed by atoms with Crippen LogP contribution in [-0.2, 0) is 6.54 Å². The highest BCUT2D eigenvalue weighted by atomic mass is 16.4. The van der Waals surface area contributed by atoms with Crippen molar-refractivity contribution in [3.05, 3.63) is 71.7 Å². The van der Waals surface area contributed by atoms with Gasteiger partial charge in [-0.25, -0.2) is 0 Å². The number of hydrogen-bond acceptors (Lipinski definition) is 6. The molecule has 0 amide bonds. The van der Waals surface area contributed by atoms with Gasteiger partial charge in [0.25, 0.3) is 0 Å². The highest BCUT2D eigenvalue weighted by Crippen LogP contribution is 2.22. The summed E-state index contributed by atoms with van der Waals surface area (Å²) < 4.78 is 1.89. The summed E-state index contributed by atoms with van der Waals surface area (Å²) in [7, 11) is -1.54. The minimum Gasteiger partial charge on any atom is -0.423 e. The summed E-state index contributed by atoms with van der Waals surface area (Å²) in [5, 5.41) is 23.3. The highest BCUT2D eigenvalue weighted by Gasteiger charge is 2.19. The zero-order chi connectivity index (χ0) is 19.7. The molecule has 140 valence electrons. The molecule has 7 nitrogen and oxygen atoms in total. The van der Waals surface area contributed by atoms with E-state index in [1.165, 1.54) is 0 Å². The van der Waals surface area contributed by atoms with Crippen LogP contribution in [0.3, 0.4) is 0 Å². The Morgan fingerprint density at radius 1 is 0.964 bits per heavy atom. The molecular formula is C20H20BN5O2. The summed E-state index contributed by atoms with van der Waals surface area (Å²) in [6, 6.07) is 17.3. The quantitative estimate of drug-likeness (QED) is 0.461. The fraction of sp³-hybridized carbons (Fsp3) is 0.150. The van der Waals surface area contributed by atoms with Gasteiger partial charge >= 0.3 is 7.12 Å². The Kier molecular flexibility index (Phi) is 4.81. The van der Waals surface area contributed by atoms with Crippen LogP contribution in [0.2, 0.25) is 0 Å². The van der Waals surface area contributed by atoms with Gasteiger partial charge in [0.15, 0.2) is 0 Å². The van der Waals surface area contributed by atoms with Crippen molar-refractivity contribution in [2.75, 3.05) is 5.32 Å². The van der Waals surface area contributed by atoms with E-state index >= 15 is 0 Å². The predicted molar refractivity (Wildman–Crippen MR) is 110 cm³/mol. The predicted octanol–water partition coefficient (Wildman–Crippen LogP) is 1.72. The summed E-state index contributed by atoms with van der Waals surface area (Å²) in [6.07, 6.45) is 0. The molecule has 8 heteroatoms. The van der Waals surface area contributed by atoms with Crippen molar-refractivity contribution in [1.82, 2.24) is 19.5 Å². The van der Waals surface area contributed by atoms with Crippen LogP contribution in [0.5, 0.6) is 0 Å². The summed E-state index contributed by atoms with van der Waals surface area (Å²) in [6.45, 7) is 4.36. The fourth-order valence-electron chi connectivity index (χ4n) is 3.30. The number of nitrogens with zero attached hydrogens (tertiary/aromatic N) is 4. The van der Waals surface area contributed by atoms with Crippen LogP contribution in [0.4, 0.5) is 5.95 Å². The van der Waals surface area contributed by atoms with Crippen LogP contribution in [-0.4, -0.2) is 36.7 Å². The van der Waals surface area contributed by atoms with Crippen molar-refractivity contribution >= 4 is 29.4 Å². The number of fused-ring (bicyclic) bond motifs is 1. The number of hydrogen-bond donors (Lipinski definition) is 3. The van der Waals surface area contributed by atoms with E-state index in [-0.39, 0.29) is 0 Å². The molecule has 2 aromatic carbocycles. The number of aromatic nitrogens is 4. The fourth-order valence-corrected chi connectivity index (χ4v) is 3.30. The van der Waals surface area contributed by atoms with Gasteiger partial charge in [-0.3, -0.25) is 4.57 Å². The molecule has 0 saturated carbocycles. The Morgan fingerprint density at radius 2 is 1.75 bits per heavy atom. The smallest absolute Gasteiger partial charge is 0.423 e. The molecule has 0 fully saturated rings. The van der Waals surface area contributed by atoms with Gasteiger partial charge in [0, 0.05) is 17.6 Å². The molecule has 2 aromatic heterocycles. The summed E-state index contributed by atoms with van der Waals surface area (Å²) >= 11 is 0. The van der Waals surface area contributed by atoms with Crippen molar-refractivity contribution in [2.24, 2.45) is 0 Å². The van der Waals surface area contributed by atoms with Gasteiger partial charge in [-0.05, 0) is 37.0 Å². The van der Waals surface area contributed by atoms with E-state index in [2.05, 4.69) is 20.3 Å². The largest absolute Gasteiger partial charge is 0.489 e. The van der Waals surface area contributed by atoms with Gasteiger partial charge in [0.05, 0.1) is 5.52 Å². The SMILES string of the molecule is Cc1nc(NCc2ccccc2)nc(-n2c(C)cc3c(B(O)O)cccc32)n1. The van der Waals surface area contributed by atoms with Gasteiger partial charge in [-0.15, -0.1) is 0 Å². The van der Waals surface area contributed by atoms with Crippen molar-refractivity contribution in [1.29, 1.82) is 0 Å². The van der Waals surface area contributed by atoms with E-state index in [9.17, 15) is 10.0 Å². The van der Waals surface area contributed by atoms with Crippen LogP contribution in [0, 0.1) is 13.8 Å². The molecule has 0 atom stereocenters. The first-order valence-electron chi connectivity index (χ1n) is 9.01. The monoisotopic (exact) mass is 373 g/mol. The molecule has 0 unspecified atom stereocenters. The number of anilines is 1.